The fraction of sp³-hybridized carbons (Fsp3) is 0.412. The van der Waals surface area contributed by atoms with Gasteiger partial charge in [0, 0.05) is 31.2 Å². The van der Waals surface area contributed by atoms with Gasteiger partial charge in [0.1, 0.15) is 6.54 Å². The van der Waals surface area contributed by atoms with E-state index in [1.807, 2.05) is 40.9 Å². The Hall–Kier alpha value is -2.70. The maximum Gasteiger partial charge on any atom is 0.243 e. The molecule has 1 amide bonds. The van der Waals surface area contributed by atoms with Crippen LogP contribution in [0.4, 0.5) is 0 Å². The van der Waals surface area contributed by atoms with E-state index in [1.165, 1.54) is 0 Å². The molecule has 0 bridgehead atoms. The Morgan fingerprint density at radius 1 is 1.33 bits per heavy atom. The number of carbonyl (C=O) groups is 1. The maximum atomic E-state index is 12.7. The van der Waals surface area contributed by atoms with Crippen LogP contribution in [0.1, 0.15) is 36.7 Å². The first-order chi connectivity index (χ1) is 11.7. The summed E-state index contributed by atoms with van der Waals surface area (Å²) >= 11 is 0. The summed E-state index contributed by atoms with van der Waals surface area (Å²) in [7, 11) is 0. The predicted octanol–water partition coefficient (Wildman–Crippen LogP) is 1.99. The highest BCUT2D eigenvalue weighted by atomic mass is 16.2. The average Bonchev–Trinajstić information content (AvgIpc) is 3.22. The zero-order valence-corrected chi connectivity index (χ0v) is 13.7. The van der Waals surface area contributed by atoms with Crippen LogP contribution in [0.25, 0.3) is 5.65 Å². The van der Waals surface area contributed by atoms with Crippen LogP contribution in [0.3, 0.4) is 0 Å². The first-order valence-corrected chi connectivity index (χ1v) is 8.29. The Balaban J connectivity index is 1.61. The normalized spacial score (nSPS) is 18.2. The Bertz CT molecular complexity index is 853. The quantitative estimate of drug-likeness (QED) is 0.739. The van der Waals surface area contributed by atoms with Gasteiger partial charge in [-0.3, -0.25) is 4.79 Å². The Kier molecular flexibility index (Phi) is 3.76. The highest BCUT2D eigenvalue weighted by Crippen LogP contribution is 2.30. The average molecular weight is 324 g/mol. The van der Waals surface area contributed by atoms with Crippen LogP contribution in [0.2, 0.25) is 0 Å². The lowest BCUT2D eigenvalue weighted by Gasteiger charge is -2.35. The lowest BCUT2D eigenvalue weighted by molar-refractivity contribution is -0.135. The van der Waals surface area contributed by atoms with Crippen LogP contribution in [0.5, 0.6) is 0 Å². The molecule has 0 aromatic carbocycles. The van der Waals surface area contributed by atoms with Gasteiger partial charge in [-0.1, -0.05) is 0 Å². The van der Waals surface area contributed by atoms with Crippen molar-refractivity contribution >= 4 is 11.6 Å². The van der Waals surface area contributed by atoms with E-state index in [0.29, 0.717) is 6.54 Å². The first-order valence-electron chi connectivity index (χ1n) is 8.29. The molecule has 1 aliphatic heterocycles. The van der Waals surface area contributed by atoms with E-state index in [1.54, 1.807) is 17.0 Å². The minimum atomic E-state index is 0.0370. The topological polar surface area (TPSA) is 68.3 Å². The van der Waals surface area contributed by atoms with Gasteiger partial charge in [0.2, 0.25) is 5.91 Å². The van der Waals surface area contributed by atoms with Crippen LogP contribution >= 0.6 is 0 Å². The van der Waals surface area contributed by atoms with Gasteiger partial charge in [-0.2, -0.15) is 5.10 Å². The molecule has 3 aromatic heterocycles. The van der Waals surface area contributed by atoms with E-state index >= 15 is 0 Å². The van der Waals surface area contributed by atoms with E-state index < -0.39 is 0 Å². The number of amides is 1. The number of aryl methyl sites for hydroxylation is 1. The minimum Gasteiger partial charge on any atom is -0.333 e. The molecule has 0 N–H and O–H groups in total. The van der Waals surface area contributed by atoms with Crippen LogP contribution < -0.4 is 0 Å². The summed E-state index contributed by atoms with van der Waals surface area (Å²) in [6.45, 7) is 3.06. The summed E-state index contributed by atoms with van der Waals surface area (Å²) in [5, 5.41) is 4.37. The maximum absolute atomic E-state index is 12.7. The van der Waals surface area contributed by atoms with Crippen molar-refractivity contribution in [1.29, 1.82) is 0 Å². The van der Waals surface area contributed by atoms with Gasteiger partial charge < -0.3 is 9.47 Å². The van der Waals surface area contributed by atoms with E-state index in [0.717, 1.165) is 42.8 Å². The van der Waals surface area contributed by atoms with Crippen molar-refractivity contribution in [1.82, 2.24) is 29.0 Å². The van der Waals surface area contributed by atoms with E-state index in [-0.39, 0.29) is 11.9 Å². The highest BCUT2D eigenvalue weighted by molar-refractivity contribution is 5.76. The molecule has 24 heavy (non-hydrogen) atoms. The summed E-state index contributed by atoms with van der Waals surface area (Å²) in [5.74, 6) is 0.115. The number of hydrogen-bond donors (Lipinski definition) is 0. The van der Waals surface area contributed by atoms with E-state index in [9.17, 15) is 4.79 Å². The van der Waals surface area contributed by atoms with Crippen molar-refractivity contribution in [3.05, 3.63) is 48.4 Å². The number of likely N-dealkylation sites (tertiary alicyclic amines) is 1. The molecule has 3 aromatic rings. The summed E-state index contributed by atoms with van der Waals surface area (Å²) in [6, 6.07) is 3.98. The second-order valence-corrected chi connectivity index (χ2v) is 6.27. The second-order valence-electron chi connectivity index (χ2n) is 6.27. The zero-order valence-electron chi connectivity index (χ0n) is 13.7. The number of hydrogen-bond acceptors (Lipinski definition) is 4. The van der Waals surface area contributed by atoms with Crippen LogP contribution in [-0.4, -0.2) is 41.5 Å². The minimum absolute atomic E-state index is 0.0370. The number of nitrogens with zero attached hydrogens (tertiary/aromatic N) is 6. The van der Waals surface area contributed by atoms with Gasteiger partial charge in [0.25, 0.3) is 0 Å². The van der Waals surface area contributed by atoms with Crippen LogP contribution in [0.15, 0.2) is 37.1 Å². The highest BCUT2D eigenvalue weighted by Gasteiger charge is 2.29. The molecule has 4 heterocycles. The third-order valence-corrected chi connectivity index (χ3v) is 4.51. The molecule has 7 heteroatoms. The molecule has 1 atom stereocenters. The smallest absolute Gasteiger partial charge is 0.243 e. The van der Waals surface area contributed by atoms with E-state index in [2.05, 4.69) is 10.1 Å². The molecule has 7 nitrogen and oxygen atoms in total. The number of aromatic nitrogens is 5. The van der Waals surface area contributed by atoms with Crippen molar-refractivity contribution in [2.75, 3.05) is 6.54 Å². The zero-order chi connectivity index (χ0) is 16.5. The Labute approximate surface area is 139 Å². The van der Waals surface area contributed by atoms with Crippen molar-refractivity contribution < 1.29 is 4.79 Å². The monoisotopic (exact) mass is 324 g/mol. The van der Waals surface area contributed by atoms with Crippen LogP contribution in [-0.2, 0) is 11.3 Å². The summed E-state index contributed by atoms with van der Waals surface area (Å²) in [5.41, 5.74) is 2.72. The molecular weight excluding hydrogens is 304 g/mol. The summed E-state index contributed by atoms with van der Waals surface area (Å²) in [4.78, 5) is 23.5. The van der Waals surface area contributed by atoms with Crippen molar-refractivity contribution in [3.8, 4) is 0 Å². The van der Waals surface area contributed by atoms with Gasteiger partial charge in [-0.05, 0) is 32.3 Å². The largest absolute Gasteiger partial charge is 0.333 e. The molecule has 124 valence electrons. The molecule has 1 saturated heterocycles. The SMILES string of the molecule is Cc1cc2nc([C@H]3CCCCN3C(=O)Cn3ccnc3)ccn2n1. The Morgan fingerprint density at radius 3 is 3.08 bits per heavy atom. The standard InChI is InChI=1S/C17H20N6O/c1-13-10-16-19-14(5-8-23(16)20-13)15-4-2-3-7-22(15)17(24)11-21-9-6-18-12-21/h5-6,8-10,12,15H,2-4,7,11H2,1H3/t15-/m1/s1. The molecule has 0 aliphatic carbocycles. The Morgan fingerprint density at radius 2 is 2.25 bits per heavy atom. The van der Waals surface area contributed by atoms with Gasteiger partial charge in [0.15, 0.2) is 5.65 Å². The molecule has 0 radical (unpaired) electrons. The molecule has 4 rings (SSSR count). The molecule has 1 aliphatic rings. The van der Waals surface area contributed by atoms with Crippen molar-refractivity contribution in [2.45, 2.75) is 38.8 Å². The third kappa shape index (κ3) is 2.77. The first kappa shape index (κ1) is 14.9. The van der Waals surface area contributed by atoms with Gasteiger partial charge >= 0.3 is 0 Å². The number of piperidine rings is 1. The lowest BCUT2D eigenvalue weighted by atomic mass is 9.99. The molecule has 0 spiro atoms. The number of carbonyl (C=O) groups excluding carboxylic acids is 1. The van der Waals surface area contributed by atoms with Gasteiger partial charge in [0.05, 0.1) is 23.8 Å². The predicted molar refractivity (Wildman–Crippen MR) is 88.3 cm³/mol. The molecular formula is C17H20N6O. The van der Waals surface area contributed by atoms with Crippen molar-refractivity contribution in [2.24, 2.45) is 0 Å². The van der Waals surface area contributed by atoms with Crippen molar-refractivity contribution in [3.63, 3.8) is 0 Å². The van der Waals surface area contributed by atoms with Gasteiger partial charge in [-0.15, -0.1) is 0 Å². The number of fused-ring (bicyclic) bond motifs is 1. The summed E-state index contributed by atoms with van der Waals surface area (Å²) < 4.78 is 3.59. The number of rotatable bonds is 3. The van der Waals surface area contributed by atoms with Gasteiger partial charge in [-0.25, -0.2) is 14.5 Å². The fourth-order valence-corrected chi connectivity index (χ4v) is 3.36. The summed E-state index contributed by atoms with van der Waals surface area (Å²) in [6.07, 6.45) is 10.2. The molecule has 0 saturated carbocycles. The second kappa shape index (κ2) is 6.07. The molecule has 1 fully saturated rings. The molecule has 0 unspecified atom stereocenters. The van der Waals surface area contributed by atoms with E-state index in [4.69, 9.17) is 4.98 Å². The fourth-order valence-electron chi connectivity index (χ4n) is 3.36. The number of imidazole rings is 1. The third-order valence-electron chi connectivity index (χ3n) is 4.51. The van der Waals surface area contributed by atoms with Crippen LogP contribution in [0, 0.1) is 6.92 Å². The lowest BCUT2D eigenvalue weighted by Crippen LogP contribution is -2.40.